The third-order valence-corrected chi connectivity index (χ3v) is 6.92. The summed E-state index contributed by atoms with van der Waals surface area (Å²) in [7, 11) is -5.55. The van der Waals surface area contributed by atoms with Crippen molar-refractivity contribution in [2.75, 3.05) is 4.90 Å². The Balaban J connectivity index is 1.63. The lowest BCUT2D eigenvalue weighted by atomic mass is 10.1. The molecule has 168 valence electrons. The van der Waals surface area contributed by atoms with Gasteiger partial charge in [-0.15, -0.1) is 0 Å². The number of hydrogen-bond donors (Lipinski definition) is 2. The number of pyridine rings is 1. The van der Waals surface area contributed by atoms with Crippen LogP contribution in [0.5, 0.6) is 0 Å². The molecule has 4 rings (SSSR count). The van der Waals surface area contributed by atoms with E-state index in [1.54, 1.807) is 6.07 Å². The van der Waals surface area contributed by atoms with E-state index < -0.39 is 37.7 Å². The van der Waals surface area contributed by atoms with Gasteiger partial charge in [-0.1, -0.05) is 0 Å². The maximum Gasteiger partial charge on any atom is 0.501 e. The molecule has 32 heavy (non-hydrogen) atoms. The molecule has 1 aromatic carbocycles. The first-order chi connectivity index (χ1) is 14.9. The second kappa shape index (κ2) is 7.02. The van der Waals surface area contributed by atoms with Crippen LogP contribution in [0.2, 0.25) is 0 Å². The Kier molecular flexibility index (Phi) is 4.77. The molecule has 3 amide bonds. The maximum atomic E-state index is 13.1. The molecule has 2 heterocycles. The third kappa shape index (κ3) is 3.28. The molecular weight excluding hydrogens is 451 g/mol. The monoisotopic (exact) mass is 467 g/mol. The van der Waals surface area contributed by atoms with Gasteiger partial charge >= 0.3 is 11.5 Å². The molecule has 0 atom stereocenters. The first kappa shape index (κ1) is 21.7. The number of alkyl halides is 3. The number of carbonyl (C=O) groups is 2. The molecule has 1 aromatic heterocycles. The number of nitrogen functional groups attached to an aromatic ring is 1. The first-order valence-corrected chi connectivity index (χ1v) is 10.7. The highest BCUT2D eigenvalue weighted by Gasteiger charge is 2.65. The van der Waals surface area contributed by atoms with E-state index >= 15 is 0 Å². The largest absolute Gasteiger partial charge is 0.501 e. The van der Waals surface area contributed by atoms with Crippen LogP contribution in [0.15, 0.2) is 47.5 Å². The summed E-state index contributed by atoms with van der Waals surface area (Å²) < 4.78 is 61.4. The average molecular weight is 467 g/mol. The van der Waals surface area contributed by atoms with Gasteiger partial charge in [-0.3, -0.25) is 15.2 Å². The zero-order chi connectivity index (χ0) is 23.5. The maximum absolute atomic E-state index is 13.1. The highest BCUT2D eigenvalue weighted by atomic mass is 32.2. The number of nitrogens with two attached hydrogens (primary N) is 1. The third-order valence-electron chi connectivity index (χ3n) is 5.41. The van der Waals surface area contributed by atoms with Crippen molar-refractivity contribution < 1.29 is 31.2 Å². The lowest BCUT2D eigenvalue weighted by Crippen LogP contribution is -2.36. The molecule has 2 fully saturated rings. The smallest absolute Gasteiger partial charge is 0.382 e. The molecule has 13 heteroatoms. The fourth-order valence-electron chi connectivity index (χ4n) is 3.57. The summed E-state index contributed by atoms with van der Waals surface area (Å²) in [6.07, 6.45) is 2.25. The Morgan fingerprint density at radius 2 is 1.78 bits per heavy atom. The van der Waals surface area contributed by atoms with Crippen LogP contribution in [0.4, 0.5) is 23.7 Å². The standard InChI is InChI=1S/C19H16F3N5O4S/c20-19(21,22)32(30,31)13-3-1-12(2-4-13)27-16(28)18(6-7-18)26(17(27)29)10-11-5-8-25-14(9-11)15(23)24/h1-5,8-9H,6-7,10H2,(H3,23,24). The Morgan fingerprint density at radius 1 is 1.16 bits per heavy atom. The quantitative estimate of drug-likeness (QED) is 0.393. The lowest BCUT2D eigenvalue weighted by molar-refractivity contribution is -0.120. The Bertz CT molecular complexity index is 1240. The van der Waals surface area contributed by atoms with E-state index in [-0.39, 0.29) is 23.8 Å². The molecule has 1 spiro atoms. The number of benzene rings is 1. The molecule has 0 radical (unpaired) electrons. The fourth-order valence-corrected chi connectivity index (χ4v) is 4.34. The van der Waals surface area contributed by atoms with Gasteiger partial charge in [-0.05, 0) is 54.8 Å². The highest BCUT2D eigenvalue weighted by Crippen LogP contribution is 2.49. The zero-order valence-corrected chi connectivity index (χ0v) is 17.1. The number of rotatable bonds is 5. The number of nitrogens with zero attached hydrogens (tertiary/aromatic N) is 3. The van der Waals surface area contributed by atoms with Gasteiger partial charge in [-0.2, -0.15) is 13.2 Å². The number of nitrogens with one attached hydrogen (secondary N) is 1. The molecule has 2 aliphatic rings. The molecule has 0 unspecified atom stereocenters. The molecular formula is C19H16F3N5O4S. The van der Waals surface area contributed by atoms with Crippen LogP contribution in [0.25, 0.3) is 0 Å². The Hall–Kier alpha value is -3.48. The van der Waals surface area contributed by atoms with Gasteiger partial charge in [0.25, 0.3) is 15.7 Å². The van der Waals surface area contributed by atoms with Crippen LogP contribution in [-0.4, -0.2) is 47.1 Å². The van der Waals surface area contributed by atoms with E-state index in [4.69, 9.17) is 11.1 Å². The summed E-state index contributed by atoms with van der Waals surface area (Å²) in [5, 5.41) is 7.48. The predicted molar refractivity (Wildman–Crippen MR) is 105 cm³/mol. The minimum atomic E-state index is -5.55. The van der Waals surface area contributed by atoms with E-state index in [1.165, 1.54) is 17.2 Å². The van der Waals surface area contributed by atoms with Crippen molar-refractivity contribution in [2.45, 2.75) is 35.3 Å². The summed E-state index contributed by atoms with van der Waals surface area (Å²) in [6, 6.07) is 5.87. The van der Waals surface area contributed by atoms with Gasteiger partial charge in [0.1, 0.15) is 17.1 Å². The van der Waals surface area contributed by atoms with Crippen molar-refractivity contribution in [1.29, 1.82) is 5.41 Å². The van der Waals surface area contributed by atoms with E-state index in [1.807, 2.05) is 0 Å². The highest BCUT2D eigenvalue weighted by molar-refractivity contribution is 7.92. The molecule has 0 bridgehead atoms. The number of amides is 3. The van der Waals surface area contributed by atoms with Gasteiger partial charge in [0.05, 0.1) is 10.6 Å². The number of sulfone groups is 1. The normalized spacial score (nSPS) is 17.8. The molecule has 1 aliphatic heterocycles. The molecule has 1 aliphatic carbocycles. The van der Waals surface area contributed by atoms with Crippen molar-refractivity contribution in [3.05, 3.63) is 53.9 Å². The van der Waals surface area contributed by atoms with Crippen LogP contribution < -0.4 is 10.6 Å². The summed E-state index contributed by atoms with van der Waals surface area (Å²) >= 11 is 0. The number of anilines is 1. The van der Waals surface area contributed by atoms with Gasteiger partial charge in [0.2, 0.25) is 0 Å². The number of imide groups is 1. The van der Waals surface area contributed by atoms with Gasteiger partial charge in [0, 0.05) is 12.7 Å². The minimum Gasteiger partial charge on any atom is -0.382 e. The van der Waals surface area contributed by atoms with Gasteiger partial charge < -0.3 is 10.6 Å². The first-order valence-electron chi connectivity index (χ1n) is 9.25. The fraction of sp³-hybridized carbons (Fsp3) is 0.263. The summed E-state index contributed by atoms with van der Waals surface area (Å²) in [5.74, 6) is -0.790. The molecule has 3 N–H and O–H groups in total. The van der Waals surface area contributed by atoms with Gasteiger partial charge in [0.15, 0.2) is 0 Å². The molecule has 2 aromatic rings. The van der Waals surface area contributed by atoms with Crippen LogP contribution in [0.1, 0.15) is 24.1 Å². The zero-order valence-electron chi connectivity index (χ0n) is 16.3. The SMILES string of the molecule is N=C(N)c1cc(CN2C(=O)N(c3ccc(S(=O)(=O)C(F)(F)F)cc3)C(=O)C23CC3)ccn1. The molecule has 1 saturated carbocycles. The van der Waals surface area contributed by atoms with Crippen molar-refractivity contribution >= 4 is 33.3 Å². The number of amidine groups is 1. The van der Waals surface area contributed by atoms with Crippen LogP contribution in [0, 0.1) is 5.41 Å². The number of hydrogen-bond acceptors (Lipinski definition) is 6. The van der Waals surface area contributed by atoms with E-state index in [2.05, 4.69) is 4.98 Å². The second-order valence-electron chi connectivity index (χ2n) is 7.45. The average Bonchev–Trinajstić information content (AvgIpc) is 3.50. The van der Waals surface area contributed by atoms with Crippen molar-refractivity contribution in [3.8, 4) is 0 Å². The number of aromatic nitrogens is 1. The predicted octanol–water partition coefficient (Wildman–Crippen LogP) is 2.16. The molecule has 1 saturated heterocycles. The number of carbonyl (C=O) groups excluding carboxylic acids is 2. The van der Waals surface area contributed by atoms with E-state index in [0.717, 1.165) is 17.0 Å². The van der Waals surface area contributed by atoms with Gasteiger partial charge in [-0.25, -0.2) is 18.1 Å². The summed E-state index contributed by atoms with van der Waals surface area (Å²) in [5.41, 5.74) is -0.323. The lowest BCUT2D eigenvalue weighted by Gasteiger charge is -2.21. The van der Waals surface area contributed by atoms with Crippen LogP contribution in [0.3, 0.4) is 0 Å². The number of urea groups is 1. The van der Waals surface area contributed by atoms with E-state index in [9.17, 15) is 31.2 Å². The molecule has 9 nitrogen and oxygen atoms in total. The Morgan fingerprint density at radius 3 is 2.31 bits per heavy atom. The van der Waals surface area contributed by atoms with E-state index in [0.29, 0.717) is 30.5 Å². The summed E-state index contributed by atoms with van der Waals surface area (Å²) in [4.78, 5) is 31.3. The Labute approximate surface area is 180 Å². The van der Waals surface area contributed by atoms with Crippen molar-refractivity contribution in [2.24, 2.45) is 5.73 Å². The second-order valence-corrected chi connectivity index (χ2v) is 9.39. The van der Waals surface area contributed by atoms with Crippen molar-refractivity contribution in [3.63, 3.8) is 0 Å². The van der Waals surface area contributed by atoms with Crippen molar-refractivity contribution in [1.82, 2.24) is 9.88 Å². The topological polar surface area (TPSA) is 138 Å². The number of halogens is 3. The van der Waals surface area contributed by atoms with Crippen LogP contribution >= 0.6 is 0 Å². The van der Waals surface area contributed by atoms with Crippen LogP contribution in [-0.2, 0) is 21.2 Å². The summed E-state index contributed by atoms with van der Waals surface area (Å²) in [6.45, 7) is 0.0322. The minimum absolute atomic E-state index is 0.0322.